The quantitative estimate of drug-likeness (QED) is 0.438. The second-order valence-corrected chi connectivity index (χ2v) is 7.91. The second kappa shape index (κ2) is 6.82. The zero-order valence-electron chi connectivity index (χ0n) is 16.1. The maximum Gasteiger partial charge on any atom is 0.274 e. The van der Waals surface area contributed by atoms with Gasteiger partial charge in [0.2, 0.25) is 0 Å². The molecule has 0 aliphatic carbocycles. The van der Waals surface area contributed by atoms with Crippen molar-refractivity contribution in [3.05, 3.63) is 71.4 Å². The number of benzene rings is 3. The highest BCUT2D eigenvalue weighted by atomic mass is 35.5. The van der Waals surface area contributed by atoms with Crippen LogP contribution >= 0.6 is 11.6 Å². The molecule has 0 bridgehead atoms. The van der Waals surface area contributed by atoms with Gasteiger partial charge in [0.05, 0.1) is 5.69 Å². The molecule has 0 fully saturated rings. The molecule has 1 atom stereocenters. The van der Waals surface area contributed by atoms with E-state index in [-0.39, 0.29) is 17.6 Å². The highest BCUT2D eigenvalue weighted by molar-refractivity contribution is 6.19. The maximum absolute atomic E-state index is 13.4. The first-order valence-electron chi connectivity index (χ1n) is 9.84. The van der Waals surface area contributed by atoms with Crippen molar-refractivity contribution < 1.29 is 9.90 Å². The van der Waals surface area contributed by atoms with Gasteiger partial charge in [0.25, 0.3) is 5.91 Å². The average molecular weight is 405 g/mol. The molecule has 0 radical (unpaired) electrons. The third kappa shape index (κ3) is 2.78. The number of carbonyl (C=O) groups excluding carboxylic acids is 1. The maximum atomic E-state index is 13.4. The van der Waals surface area contributed by atoms with E-state index in [0.29, 0.717) is 18.1 Å². The molecule has 1 aliphatic heterocycles. The van der Waals surface area contributed by atoms with E-state index in [2.05, 4.69) is 24.0 Å². The molecule has 2 N–H and O–H groups in total. The van der Waals surface area contributed by atoms with E-state index in [1.165, 1.54) is 5.56 Å². The lowest BCUT2D eigenvalue weighted by atomic mass is 9.95. The van der Waals surface area contributed by atoms with E-state index in [1.807, 2.05) is 36.4 Å². The fourth-order valence-electron chi connectivity index (χ4n) is 4.41. The summed E-state index contributed by atoms with van der Waals surface area (Å²) in [5.41, 5.74) is 4.50. The number of phenols is 1. The minimum Gasteiger partial charge on any atom is -0.507 e. The van der Waals surface area contributed by atoms with Crippen LogP contribution < -0.4 is 4.90 Å². The zero-order chi connectivity index (χ0) is 20.1. The Kier molecular flexibility index (Phi) is 4.25. The number of halogens is 1. The van der Waals surface area contributed by atoms with Crippen molar-refractivity contribution in [1.29, 1.82) is 0 Å². The van der Waals surface area contributed by atoms with Crippen molar-refractivity contribution >= 4 is 44.9 Å². The Morgan fingerprint density at radius 2 is 1.97 bits per heavy atom. The summed E-state index contributed by atoms with van der Waals surface area (Å²) >= 11 is 6.28. The number of rotatable bonds is 3. The van der Waals surface area contributed by atoms with Crippen molar-refractivity contribution in [3.63, 3.8) is 0 Å². The minimum absolute atomic E-state index is 0.0252. The summed E-state index contributed by atoms with van der Waals surface area (Å²) < 4.78 is 0. The smallest absolute Gasteiger partial charge is 0.274 e. The summed E-state index contributed by atoms with van der Waals surface area (Å²) in [6.45, 7) is 2.62. The van der Waals surface area contributed by atoms with Gasteiger partial charge < -0.3 is 15.0 Å². The molecule has 0 saturated heterocycles. The second-order valence-electron chi connectivity index (χ2n) is 7.60. The molecule has 3 aromatic carbocycles. The van der Waals surface area contributed by atoms with Gasteiger partial charge >= 0.3 is 0 Å². The Morgan fingerprint density at radius 3 is 2.72 bits per heavy atom. The van der Waals surface area contributed by atoms with Crippen molar-refractivity contribution in [2.24, 2.45) is 0 Å². The average Bonchev–Trinajstić information content (AvgIpc) is 3.34. The summed E-state index contributed by atoms with van der Waals surface area (Å²) in [7, 11) is 0. The Labute approximate surface area is 173 Å². The molecule has 4 nitrogen and oxygen atoms in total. The van der Waals surface area contributed by atoms with Crippen LogP contribution in [0, 0.1) is 0 Å². The van der Waals surface area contributed by atoms with Crippen molar-refractivity contribution in [1.82, 2.24) is 4.98 Å². The van der Waals surface area contributed by atoms with Crippen molar-refractivity contribution in [2.75, 3.05) is 17.3 Å². The van der Waals surface area contributed by atoms with Gasteiger partial charge in [-0.05, 0) is 41.1 Å². The highest BCUT2D eigenvalue weighted by Crippen LogP contribution is 2.45. The molecule has 5 heteroatoms. The SMILES string of the molecule is CCc1ccc2[nH]c(C(=O)N3C[C@@H](CCl)c4c3cc(O)c3ccccc43)cc2c1. The fraction of sp³-hybridized carbons (Fsp3) is 0.208. The van der Waals surface area contributed by atoms with Crippen LogP contribution in [0.15, 0.2) is 54.6 Å². The van der Waals surface area contributed by atoms with E-state index in [4.69, 9.17) is 11.6 Å². The lowest BCUT2D eigenvalue weighted by molar-refractivity contribution is 0.0984. The van der Waals surface area contributed by atoms with Crippen LogP contribution in [0.3, 0.4) is 0 Å². The van der Waals surface area contributed by atoms with Gasteiger partial charge in [-0.25, -0.2) is 0 Å². The van der Waals surface area contributed by atoms with Crippen LogP contribution in [0.25, 0.3) is 21.7 Å². The van der Waals surface area contributed by atoms with E-state index < -0.39 is 0 Å². The van der Waals surface area contributed by atoms with Gasteiger partial charge in [-0.3, -0.25) is 4.79 Å². The molecule has 146 valence electrons. The van der Waals surface area contributed by atoms with Crippen LogP contribution in [-0.2, 0) is 6.42 Å². The summed E-state index contributed by atoms with van der Waals surface area (Å²) in [4.78, 5) is 18.4. The molecular weight excluding hydrogens is 384 g/mol. The number of nitrogens with zero attached hydrogens (tertiary/aromatic N) is 1. The number of aryl methyl sites for hydroxylation is 1. The molecule has 0 spiro atoms. The van der Waals surface area contributed by atoms with Crippen LogP contribution in [0.4, 0.5) is 5.69 Å². The van der Waals surface area contributed by atoms with Gasteiger partial charge in [-0.2, -0.15) is 0 Å². The van der Waals surface area contributed by atoms with E-state index in [0.717, 1.165) is 39.3 Å². The topological polar surface area (TPSA) is 56.3 Å². The lowest BCUT2D eigenvalue weighted by Crippen LogP contribution is -2.30. The number of aromatic nitrogens is 1. The molecule has 4 aromatic rings. The van der Waals surface area contributed by atoms with Crippen LogP contribution in [0.5, 0.6) is 5.75 Å². The molecular formula is C24H21ClN2O2. The van der Waals surface area contributed by atoms with Gasteiger partial charge in [0, 0.05) is 40.7 Å². The zero-order valence-corrected chi connectivity index (χ0v) is 16.8. The summed E-state index contributed by atoms with van der Waals surface area (Å²) in [6, 6.07) is 17.5. The van der Waals surface area contributed by atoms with Crippen molar-refractivity contribution in [2.45, 2.75) is 19.3 Å². The number of H-pyrrole nitrogens is 1. The number of hydrogen-bond donors (Lipinski definition) is 2. The third-order valence-electron chi connectivity index (χ3n) is 5.90. The van der Waals surface area contributed by atoms with E-state index >= 15 is 0 Å². The van der Waals surface area contributed by atoms with Gasteiger partial charge in [-0.1, -0.05) is 37.3 Å². The number of nitrogens with one attached hydrogen (secondary N) is 1. The molecule has 29 heavy (non-hydrogen) atoms. The Hall–Kier alpha value is -2.98. The first-order chi connectivity index (χ1) is 14.1. The standard InChI is InChI=1S/C24H21ClN2O2/c1-2-14-7-8-19-15(9-14)10-20(26-19)24(29)27-13-16(12-25)23-18-6-4-3-5-17(18)22(28)11-21(23)27/h3-11,16,26,28H,2,12-13H2,1H3/t16-/m1/s1. The Morgan fingerprint density at radius 1 is 1.17 bits per heavy atom. The predicted octanol–water partition coefficient (Wildman–Crippen LogP) is 5.57. The number of hydrogen-bond acceptors (Lipinski definition) is 2. The van der Waals surface area contributed by atoms with E-state index in [1.54, 1.807) is 11.0 Å². The highest BCUT2D eigenvalue weighted by Gasteiger charge is 2.35. The van der Waals surface area contributed by atoms with Crippen LogP contribution in [-0.4, -0.2) is 28.4 Å². The number of phenolic OH excluding ortho intramolecular Hbond substituents is 1. The molecule has 2 heterocycles. The number of carbonyl (C=O) groups is 1. The molecule has 1 aromatic heterocycles. The first kappa shape index (κ1) is 18.1. The number of aromatic amines is 1. The Balaban J connectivity index is 1.62. The third-order valence-corrected chi connectivity index (χ3v) is 6.27. The number of aromatic hydroxyl groups is 1. The van der Waals surface area contributed by atoms with Gasteiger partial charge in [0.15, 0.2) is 0 Å². The fourth-order valence-corrected chi connectivity index (χ4v) is 4.66. The molecule has 0 unspecified atom stereocenters. The van der Waals surface area contributed by atoms with Crippen LogP contribution in [0.2, 0.25) is 0 Å². The minimum atomic E-state index is -0.109. The number of fused-ring (bicyclic) bond motifs is 4. The molecule has 1 amide bonds. The molecule has 0 saturated carbocycles. The van der Waals surface area contributed by atoms with Gasteiger partial charge in [-0.15, -0.1) is 11.6 Å². The largest absolute Gasteiger partial charge is 0.507 e. The van der Waals surface area contributed by atoms with Gasteiger partial charge in [0.1, 0.15) is 11.4 Å². The van der Waals surface area contributed by atoms with E-state index in [9.17, 15) is 9.90 Å². The number of anilines is 1. The lowest BCUT2D eigenvalue weighted by Gasteiger charge is -2.17. The first-order valence-corrected chi connectivity index (χ1v) is 10.4. The monoisotopic (exact) mass is 404 g/mol. The normalized spacial score (nSPS) is 15.9. The number of alkyl halides is 1. The summed E-state index contributed by atoms with van der Waals surface area (Å²) in [5.74, 6) is 0.509. The summed E-state index contributed by atoms with van der Waals surface area (Å²) in [6.07, 6.45) is 0.952. The summed E-state index contributed by atoms with van der Waals surface area (Å²) in [5, 5.41) is 13.3. The predicted molar refractivity (Wildman–Crippen MR) is 118 cm³/mol. The Bertz CT molecular complexity index is 1260. The van der Waals surface area contributed by atoms with Crippen LogP contribution in [0.1, 0.15) is 34.5 Å². The molecule has 5 rings (SSSR count). The number of amides is 1. The van der Waals surface area contributed by atoms with Crippen molar-refractivity contribution in [3.8, 4) is 5.75 Å². The molecule has 1 aliphatic rings.